The van der Waals surface area contributed by atoms with E-state index >= 15 is 0 Å². The summed E-state index contributed by atoms with van der Waals surface area (Å²) in [5.41, 5.74) is 0.0665. The van der Waals surface area contributed by atoms with Crippen LogP contribution in [0.4, 0.5) is 0 Å². The fourth-order valence-electron chi connectivity index (χ4n) is 2.50. The second-order valence-corrected chi connectivity index (χ2v) is 5.76. The van der Waals surface area contributed by atoms with Gasteiger partial charge in [0.25, 0.3) is 11.1 Å². The van der Waals surface area contributed by atoms with Crippen LogP contribution in [0.1, 0.15) is 11.6 Å². The molecule has 8 heteroatoms. The monoisotopic (exact) mass is 346 g/mol. The van der Waals surface area contributed by atoms with Crippen molar-refractivity contribution in [3.63, 3.8) is 0 Å². The normalized spacial score (nSPS) is 12.0. The van der Waals surface area contributed by atoms with Crippen molar-refractivity contribution in [3.05, 3.63) is 62.7 Å². The Labute approximate surface area is 145 Å². The first-order chi connectivity index (χ1) is 11.9. The molecule has 8 nitrogen and oxygen atoms in total. The van der Waals surface area contributed by atoms with Gasteiger partial charge in [0.2, 0.25) is 5.91 Å². The Kier molecular flexibility index (Phi) is 6.13. The molecule has 0 saturated heterocycles. The van der Waals surface area contributed by atoms with Crippen LogP contribution in [0.25, 0.3) is 0 Å². The minimum absolute atomic E-state index is 0.105. The smallest absolute Gasteiger partial charge is 0.265 e. The molecule has 1 heterocycles. The molecule has 2 N–H and O–H groups in total. The van der Waals surface area contributed by atoms with Crippen LogP contribution in [0.5, 0.6) is 5.75 Å². The van der Waals surface area contributed by atoms with Gasteiger partial charge in [0.05, 0.1) is 13.2 Å². The fraction of sp³-hybridized carbons (Fsp3) is 0.353. The van der Waals surface area contributed by atoms with Crippen LogP contribution in [0.2, 0.25) is 0 Å². The highest BCUT2D eigenvalue weighted by atomic mass is 16.5. The number of benzene rings is 1. The number of hydrogen-bond donors (Lipinski definition) is 2. The maximum absolute atomic E-state index is 12.1. The quantitative estimate of drug-likeness (QED) is 0.734. The van der Waals surface area contributed by atoms with E-state index < -0.39 is 11.1 Å². The summed E-state index contributed by atoms with van der Waals surface area (Å²) in [5.74, 6) is 0.366. The predicted octanol–water partition coefficient (Wildman–Crippen LogP) is -0.0357. The number of para-hydroxylation sites is 1. The molecule has 134 valence electrons. The summed E-state index contributed by atoms with van der Waals surface area (Å²) in [6.07, 6.45) is 0. The number of hydrogen-bond acceptors (Lipinski definition) is 5. The summed E-state index contributed by atoms with van der Waals surface area (Å²) in [4.78, 5) is 37.0. The highest BCUT2D eigenvalue weighted by molar-refractivity contribution is 5.75. The standard InChI is InChI=1S/C17H22N4O4/c1-20(2)13(12-6-4-5-7-14(12)25-3)10-18-16(23)11-21-17(24)9-8-15(22)19-21/h4-9,13H,10-11H2,1-3H3,(H,18,23)(H,19,22)/t13-/m0/s1. The SMILES string of the molecule is COc1ccccc1[C@H](CNC(=O)Cn1[nH]c(=O)ccc1=O)N(C)C. The minimum atomic E-state index is -0.441. The van der Waals surface area contributed by atoms with Gasteiger partial charge in [0.1, 0.15) is 12.3 Å². The van der Waals surface area contributed by atoms with Crippen molar-refractivity contribution in [3.8, 4) is 5.75 Å². The lowest BCUT2D eigenvalue weighted by molar-refractivity contribution is -0.122. The van der Waals surface area contributed by atoms with E-state index in [1.807, 2.05) is 43.3 Å². The number of H-pyrrole nitrogens is 1. The summed E-state index contributed by atoms with van der Waals surface area (Å²) in [7, 11) is 5.41. The third kappa shape index (κ3) is 4.80. The lowest BCUT2D eigenvalue weighted by atomic mass is 10.0. The van der Waals surface area contributed by atoms with Crippen LogP contribution in [0, 0.1) is 0 Å². The maximum atomic E-state index is 12.1. The van der Waals surface area contributed by atoms with Crippen molar-refractivity contribution in [2.24, 2.45) is 0 Å². The van der Waals surface area contributed by atoms with Crippen molar-refractivity contribution < 1.29 is 9.53 Å². The largest absolute Gasteiger partial charge is 0.496 e. The number of ether oxygens (including phenoxy) is 1. The van der Waals surface area contributed by atoms with E-state index in [2.05, 4.69) is 10.4 Å². The zero-order valence-electron chi connectivity index (χ0n) is 14.5. The topological polar surface area (TPSA) is 96.4 Å². The Morgan fingerprint density at radius 3 is 2.64 bits per heavy atom. The molecular weight excluding hydrogens is 324 g/mol. The summed E-state index contributed by atoms with van der Waals surface area (Å²) >= 11 is 0. The number of nitrogens with zero attached hydrogens (tertiary/aromatic N) is 2. The molecule has 0 aliphatic carbocycles. The van der Waals surface area contributed by atoms with E-state index in [0.717, 1.165) is 28.1 Å². The predicted molar refractivity (Wildman–Crippen MR) is 93.8 cm³/mol. The second kappa shape index (κ2) is 8.29. The molecule has 0 aliphatic rings. The Morgan fingerprint density at radius 2 is 1.96 bits per heavy atom. The van der Waals surface area contributed by atoms with Crippen molar-refractivity contribution in [2.45, 2.75) is 12.6 Å². The van der Waals surface area contributed by atoms with Crippen LogP contribution in [-0.2, 0) is 11.3 Å². The highest BCUT2D eigenvalue weighted by Gasteiger charge is 2.19. The zero-order valence-corrected chi connectivity index (χ0v) is 14.5. The highest BCUT2D eigenvalue weighted by Crippen LogP contribution is 2.27. The Bertz CT molecular complexity index is 841. The van der Waals surface area contributed by atoms with Gasteiger partial charge in [-0.25, -0.2) is 4.68 Å². The van der Waals surface area contributed by atoms with E-state index in [0.29, 0.717) is 6.54 Å². The molecule has 1 amide bonds. The molecule has 2 rings (SSSR count). The Hall–Kier alpha value is -2.87. The number of carbonyl (C=O) groups is 1. The van der Waals surface area contributed by atoms with E-state index in [1.54, 1.807) is 7.11 Å². The molecule has 1 atom stereocenters. The van der Waals surface area contributed by atoms with Gasteiger partial charge in [-0.2, -0.15) is 0 Å². The summed E-state index contributed by atoms with van der Waals surface area (Å²) in [6.45, 7) is 0.0824. The first-order valence-corrected chi connectivity index (χ1v) is 7.78. The number of carbonyl (C=O) groups excluding carboxylic acids is 1. The van der Waals surface area contributed by atoms with Gasteiger partial charge in [-0.3, -0.25) is 19.5 Å². The lowest BCUT2D eigenvalue weighted by Gasteiger charge is -2.26. The fourth-order valence-corrected chi connectivity index (χ4v) is 2.50. The van der Waals surface area contributed by atoms with E-state index in [4.69, 9.17) is 4.74 Å². The molecule has 0 saturated carbocycles. The van der Waals surface area contributed by atoms with Crippen LogP contribution >= 0.6 is 0 Å². The van der Waals surface area contributed by atoms with Gasteiger partial charge in [-0.1, -0.05) is 18.2 Å². The van der Waals surface area contributed by atoms with Gasteiger partial charge in [-0.15, -0.1) is 0 Å². The first-order valence-electron chi connectivity index (χ1n) is 7.78. The number of amides is 1. The van der Waals surface area contributed by atoms with Gasteiger partial charge in [-0.05, 0) is 20.2 Å². The molecule has 0 aliphatic heterocycles. The Morgan fingerprint density at radius 1 is 1.24 bits per heavy atom. The van der Waals surface area contributed by atoms with Gasteiger partial charge >= 0.3 is 0 Å². The zero-order chi connectivity index (χ0) is 18.4. The summed E-state index contributed by atoms with van der Waals surface area (Å²) in [5, 5.41) is 5.12. The lowest BCUT2D eigenvalue weighted by Crippen LogP contribution is -2.39. The molecule has 1 aromatic carbocycles. The second-order valence-electron chi connectivity index (χ2n) is 5.76. The van der Waals surface area contributed by atoms with Crippen LogP contribution < -0.4 is 21.2 Å². The van der Waals surface area contributed by atoms with E-state index in [9.17, 15) is 14.4 Å². The third-order valence-corrected chi connectivity index (χ3v) is 3.80. The summed E-state index contributed by atoms with van der Waals surface area (Å²) in [6, 6.07) is 9.74. The van der Waals surface area contributed by atoms with Gasteiger partial charge in [0, 0.05) is 24.2 Å². The molecule has 0 radical (unpaired) electrons. The molecule has 25 heavy (non-hydrogen) atoms. The number of aromatic amines is 1. The number of aromatic nitrogens is 2. The molecule has 0 unspecified atom stereocenters. The molecular formula is C17H22N4O4. The molecule has 0 fully saturated rings. The molecule has 2 aromatic rings. The summed E-state index contributed by atoms with van der Waals surface area (Å²) < 4.78 is 6.36. The van der Waals surface area contributed by atoms with Gasteiger partial charge < -0.3 is 15.0 Å². The van der Waals surface area contributed by atoms with Crippen molar-refractivity contribution in [1.82, 2.24) is 20.0 Å². The average Bonchev–Trinajstić information content (AvgIpc) is 2.58. The first kappa shape index (κ1) is 18.5. The van der Waals surface area contributed by atoms with Crippen molar-refractivity contribution >= 4 is 5.91 Å². The van der Waals surface area contributed by atoms with Crippen molar-refractivity contribution in [2.75, 3.05) is 27.7 Å². The Balaban J connectivity index is 2.08. The van der Waals surface area contributed by atoms with Crippen LogP contribution in [-0.4, -0.2) is 48.3 Å². The molecule has 0 spiro atoms. The van der Waals surface area contributed by atoms with Crippen LogP contribution in [0.15, 0.2) is 46.0 Å². The molecule has 0 bridgehead atoms. The van der Waals surface area contributed by atoms with E-state index in [1.165, 1.54) is 0 Å². The van der Waals surface area contributed by atoms with Gasteiger partial charge in [0.15, 0.2) is 0 Å². The number of nitrogens with one attached hydrogen (secondary N) is 2. The number of likely N-dealkylation sites (N-methyl/N-ethyl adjacent to an activating group) is 1. The van der Waals surface area contributed by atoms with Crippen molar-refractivity contribution in [1.29, 1.82) is 0 Å². The third-order valence-electron chi connectivity index (χ3n) is 3.80. The average molecular weight is 346 g/mol. The minimum Gasteiger partial charge on any atom is -0.496 e. The number of methoxy groups -OCH3 is 1. The van der Waals surface area contributed by atoms with E-state index in [-0.39, 0.29) is 18.5 Å². The maximum Gasteiger partial charge on any atom is 0.265 e. The number of rotatable bonds is 7. The van der Waals surface area contributed by atoms with Crippen LogP contribution in [0.3, 0.4) is 0 Å². The molecule has 1 aromatic heterocycles.